The largest absolute Gasteiger partial charge is 0.385 e. The lowest BCUT2D eigenvalue weighted by Crippen LogP contribution is -2.39. The number of halogens is 1. The van der Waals surface area contributed by atoms with Crippen molar-refractivity contribution in [2.75, 3.05) is 0 Å². The first-order valence-electron chi connectivity index (χ1n) is 6.29. The first-order valence-corrected chi connectivity index (χ1v) is 6.29. The van der Waals surface area contributed by atoms with E-state index in [1.54, 1.807) is 12.1 Å². The van der Waals surface area contributed by atoms with Gasteiger partial charge in [0.2, 0.25) is 0 Å². The van der Waals surface area contributed by atoms with Crippen LogP contribution in [0, 0.1) is 17.2 Å². The van der Waals surface area contributed by atoms with Gasteiger partial charge in [0.05, 0.1) is 5.60 Å². The highest BCUT2D eigenvalue weighted by molar-refractivity contribution is 5.24. The molecule has 1 aromatic rings. The summed E-state index contributed by atoms with van der Waals surface area (Å²) in [5, 5.41) is 10.8. The van der Waals surface area contributed by atoms with E-state index < -0.39 is 5.60 Å². The van der Waals surface area contributed by atoms with E-state index in [9.17, 15) is 9.50 Å². The van der Waals surface area contributed by atoms with E-state index in [4.69, 9.17) is 0 Å². The third kappa shape index (κ3) is 2.68. The number of benzene rings is 1. The Morgan fingerprint density at radius 1 is 1.18 bits per heavy atom. The van der Waals surface area contributed by atoms with E-state index >= 15 is 0 Å². The van der Waals surface area contributed by atoms with Crippen LogP contribution in [0.2, 0.25) is 0 Å². The monoisotopic (exact) mass is 236 g/mol. The summed E-state index contributed by atoms with van der Waals surface area (Å²) in [5.74, 6) is 0.245. The van der Waals surface area contributed by atoms with Gasteiger partial charge in [0.1, 0.15) is 5.82 Å². The van der Waals surface area contributed by atoms with Crippen LogP contribution in [0.4, 0.5) is 4.39 Å². The zero-order valence-corrected chi connectivity index (χ0v) is 10.8. The lowest BCUT2D eigenvalue weighted by Gasteiger charge is -2.45. The van der Waals surface area contributed by atoms with E-state index in [0.29, 0.717) is 5.92 Å². The van der Waals surface area contributed by atoms with Gasteiger partial charge in [-0.3, -0.25) is 0 Å². The van der Waals surface area contributed by atoms with Crippen LogP contribution in [0.1, 0.15) is 45.6 Å². The van der Waals surface area contributed by atoms with E-state index in [2.05, 4.69) is 20.8 Å². The van der Waals surface area contributed by atoms with E-state index in [1.807, 2.05) is 0 Å². The Bertz CT molecular complexity index is 396. The third-order valence-corrected chi connectivity index (χ3v) is 3.74. The molecule has 0 radical (unpaired) electrons. The fourth-order valence-corrected chi connectivity index (χ4v) is 3.51. The molecule has 94 valence electrons. The summed E-state index contributed by atoms with van der Waals surface area (Å²) in [7, 11) is 0. The van der Waals surface area contributed by atoms with Crippen molar-refractivity contribution in [1.82, 2.24) is 0 Å². The van der Waals surface area contributed by atoms with Crippen molar-refractivity contribution in [3.05, 3.63) is 35.6 Å². The highest BCUT2D eigenvalue weighted by Gasteiger charge is 2.42. The van der Waals surface area contributed by atoms with Crippen molar-refractivity contribution in [2.24, 2.45) is 11.3 Å². The molecule has 1 nitrogen and oxygen atoms in total. The van der Waals surface area contributed by atoms with Crippen molar-refractivity contribution in [1.29, 1.82) is 0 Å². The molecule has 2 heteroatoms. The molecule has 1 aromatic carbocycles. The molecule has 1 aliphatic rings. The molecule has 1 saturated carbocycles. The zero-order valence-electron chi connectivity index (χ0n) is 10.8. The average molecular weight is 236 g/mol. The van der Waals surface area contributed by atoms with Gasteiger partial charge in [0.15, 0.2) is 0 Å². The molecule has 2 rings (SSSR count). The maximum atomic E-state index is 12.9. The normalized spacial score (nSPS) is 32.4. The summed E-state index contributed by atoms with van der Waals surface area (Å²) in [4.78, 5) is 0. The van der Waals surface area contributed by atoms with Gasteiger partial charge in [0.25, 0.3) is 0 Å². The van der Waals surface area contributed by atoms with Crippen LogP contribution < -0.4 is 0 Å². The molecule has 17 heavy (non-hydrogen) atoms. The van der Waals surface area contributed by atoms with Crippen LogP contribution >= 0.6 is 0 Å². The highest BCUT2D eigenvalue weighted by Crippen LogP contribution is 2.48. The summed E-state index contributed by atoms with van der Waals surface area (Å²) in [5.41, 5.74) is 0.189. The van der Waals surface area contributed by atoms with E-state index in [1.165, 1.54) is 12.1 Å². The second-order valence-electron chi connectivity index (χ2n) is 6.39. The molecule has 0 bridgehead atoms. The van der Waals surface area contributed by atoms with E-state index in [0.717, 1.165) is 24.8 Å². The van der Waals surface area contributed by atoms with Crippen molar-refractivity contribution in [3.63, 3.8) is 0 Å². The van der Waals surface area contributed by atoms with E-state index in [-0.39, 0.29) is 11.2 Å². The Labute approximate surface area is 103 Å². The predicted molar refractivity (Wildman–Crippen MR) is 67.1 cm³/mol. The molecular formula is C15H21FO. The molecule has 0 amide bonds. The lowest BCUT2D eigenvalue weighted by molar-refractivity contribution is -0.0635. The first kappa shape index (κ1) is 12.6. The van der Waals surface area contributed by atoms with Crippen molar-refractivity contribution in [2.45, 2.75) is 45.6 Å². The topological polar surface area (TPSA) is 20.2 Å². The maximum Gasteiger partial charge on any atom is 0.123 e. The Morgan fingerprint density at radius 3 is 2.29 bits per heavy atom. The fraction of sp³-hybridized carbons (Fsp3) is 0.600. The predicted octanol–water partition coefficient (Wildman–Crippen LogP) is 3.86. The van der Waals surface area contributed by atoms with Gasteiger partial charge in [-0.2, -0.15) is 0 Å². The molecule has 0 heterocycles. The second-order valence-corrected chi connectivity index (χ2v) is 6.39. The molecule has 0 saturated heterocycles. The molecule has 0 aromatic heterocycles. The van der Waals surface area contributed by atoms with Gasteiger partial charge < -0.3 is 5.11 Å². The minimum atomic E-state index is -0.797. The van der Waals surface area contributed by atoms with Crippen molar-refractivity contribution >= 4 is 0 Å². The molecule has 2 unspecified atom stereocenters. The van der Waals surface area contributed by atoms with Gasteiger partial charge in [0, 0.05) is 0 Å². The molecule has 2 atom stereocenters. The van der Waals surface area contributed by atoms with Crippen molar-refractivity contribution < 1.29 is 9.50 Å². The summed E-state index contributed by atoms with van der Waals surface area (Å²) >= 11 is 0. The Balaban J connectivity index is 2.31. The zero-order chi connectivity index (χ0) is 12.7. The van der Waals surface area contributed by atoms with Gasteiger partial charge in [-0.15, -0.1) is 0 Å². The standard InChI is InChI=1S/C15H21FO/c1-11-8-14(2,3)10-15(17,9-11)12-4-6-13(16)7-5-12/h4-7,11,17H,8-10H2,1-3H3. The fourth-order valence-electron chi connectivity index (χ4n) is 3.51. The molecule has 0 spiro atoms. The Kier molecular flexibility index (Phi) is 3.03. The number of hydrogen-bond acceptors (Lipinski definition) is 1. The quantitative estimate of drug-likeness (QED) is 0.785. The van der Waals surface area contributed by atoms with Gasteiger partial charge in [-0.25, -0.2) is 4.39 Å². The van der Waals surface area contributed by atoms with Crippen LogP contribution in [0.15, 0.2) is 24.3 Å². The SMILES string of the molecule is CC1CC(C)(C)CC(O)(c2ccc(F)cc2)C1. The minimum Gasteiger partial charge on any atom is -0.385 e. The summed E-state index contributed by atoms with van der Waals surface area (Å²) in [6.45, 7) is 6.56. The molecule has 1 aliphatic carbocycles. The lowest BCUT2D eigenvalue weighted by atomic mass is 9.64. The van der Waals surface area contributed by atoms with Crippen molar-refractivity contribution in [3.8, 4) is 0 Å². The number of hydrogen-bond donors (Lipinski definition) is 1. The first-order chi connectivity index (χ1) is 7.81. The van der Waals surface area contributed by atoms with Gasteiger partial charge >= 0.3 is 0 Å². The van der Waals surface area contributed by atoms with Crippen LogP contribution in [0.3, 0.4) is 0 Å². The van der Waals surface area contributed by atoms with Crippen LogP contribution in [-0.4, -0.2) is 5.11 Å². The smallest absolute Gasteiger partial charge is 0.123 e. The molecule has 1 N–H and O–H groups in total. The Hall–Kier alpha value is -0.890. The number of aliphatic hydroxyl groups is 1. The number of rotatable bonds is 1. The Morgan fingerprint density at radius 2 is 1.76 bits per heavy atom. The summed E-state index contributed by atoms with van der Waals surface area (Å²) in [6, 6.07) is 6.28. The molecule has 0 aliphatic heterocycles. The second kappa shape index (κ2) is 4.09. The average Bonchev–Trinajstić information content (AvgIpc) is 2.14. The van der Waals surface area contributed by atoms with Crippen LogP contribution in [0.5, 0.6) is 0 Å². The minimum absolute atomic E-state index is 0.140. The third-order valence-electron chi connectivity index (χ3n) is 3.74. The summed E-state index contributed by atoms with van der Waals surface area (Å²) in [6.07, 6.45) is 2.65. The van der Waals surface area contributed by atoms with Crippen LogP contribution in [-0.2, 0) is 5.60 Å². The van der Waals surface area contributed by atoms with Crippen LogP contribution in [0.25, 0.3) is 0 Å². The maximum absolute atomic E-state index is 12.9. The van der Waals surface area contributed by atoms with Gasteiger partial charge in [-0.05, 0) is 48.3 Å². The van der Waals surface area contributed by atoms with Gasteiger partial charge in [-0.1, -0.05) is 32.9 Å². The summed E-state index contributed by atoms with van der Waals surface area (Å²) < 4.78 is 12.9. The molecular weight excluding hydrogens is 215 g/mol. The highest BCUT2D eigenvalue weighted by atomic mass is 19.1. The molecule has 1 fully saturated rings.